The van der Waals surface area contributed by atoms with Gasteiger partial charge in [-0.2, -0.15) is 0 Å². The number of hydrogen-bond donors (Lipinski definition) is 0. The maximum atomic E-state index is 11.7. The molecule has 0 amide bonds. The second kappa shape index (κ2) is 3.66. The molecule has 1 aliphatic heterocycles. The van der Waals surface area contributed by atoms with E-state index in [0.29, 0.717) is 0 Å². The maximum absolute atomic E-state index is 11.7. The first-order chi connectivity index (χ1) is 7.11. The Hall–Kier alpha value is -1.35. The topological polar surface area (TPSA) is 29.5 Å². The van der Waals surface area contributed by atoms with Gasteiger partial charge in [-0.3, -0.25) is 4.90 Å². The van der Waals surface area contributed by atoms with Crippen molar-refractivity contribution in [1.29, 1.82) is 0 Å². The third-order valence-corrected chi connectivity index (χ3v) is 2.76. The van der Waals surface area contributed by atoms with Crippen LogP contribution in [0.25, 0.3) is 0 Å². The van der Waals surface area contributed by atoms with Gasteiger partial charge in [0.25, 0.3) is 0 Å². The fourth-order valence-corrected chi connectivity index (χ4v) is 2.05. The van der Waals surface area contributed by atoms with Gasteiger partial charge in [0.1, 0.15) is 12.1 Å². The number of benzene rings is 1. The van der Waals surface area contributed by atoms with Crippen LogP contribution in [0.5, 0.6) is 0 Å². The normalized spacial score (nSPS) is 24.9. The van der Waals surface area contributed by atoms with Crippen LogP contribution in [0.3, 0.4) is 0 Å². The molecule has 0 aliphatic carbocycles. The Balaban J connectivity index is 2.51. The third kappa shape index (κ3) is 1.63. The number of fused-ring (bicyclic) bond motifs is 1. The van der Waals surface area contributed by atoms with Crippen LogP contribution in [0.15, 0.2) is 24.3 Å². The SMILES string of the molecule is CC1OC(=O)C(N(C)C)c2ccccc21. The van der Waals surface area contributed by atoms with Crippen molar-refractivity contribution < 1.29 is 9.53 Å². The molecule has 1 aromatic rings. The predicted octanol–water partition coefficient (Wildman–Crippen LogP) is 1.91. The Morgan fingerprint density at radius 2 is 1.80 bits per heavy atom. The number of nitrogens with zero attached hydrogens (tertiary/aromatic N) is 1. The van der Waals surface area contributed by atoms with E-state index in [4.69, 9.17) is 4.74 Å². The molecule has 1 aliphatic rings. The van der Waals surface area contributed by atoms with Gasteiger partial charge in [0.15, 0.2) is 0 Å². The van der Waals surface area contributed by atoms with Crippen molar-refractivity contribution in [3.8, 4) is 0 Å². The Morgan fingerprint density at radius 1 is 1.20 bits per heavy atom. The lowest BCUT2D eigenvalue weighted by Gasteiger charge is -2.32. The molecular formula is C12H15NO2. The summed E-state index contributed by atoms with van der Waals surface area (Å²) in [5, 5.41) is 0. The first-order valence-corrected chi connectivity index (χ1v) is 5.07. The molecule has 0 saturated heterocycles. The monoisotopic (exact) mass is 205 g/mol. The quantitative estimate of drug-likeness (QED) is 0.656. The minimum atomic E-state index is -0.266. The molecule has 3 nitrogen and oxygen atoms in total. The van der Waals surface area contributed by atoms with Crippen molar-refractivity contribution in [1.82, 2.24) is 4.90 Å². The molecule has 3 heteroatoms. The summed E-state index contributed by atoms with van der Waals surface area (Å²) in [7, 11) is 3.78. The standard InChI is InChI=1S/C12H15NO2/c1-8-9-6-4-5-7-10(9)11(13(2)3)12(14)15-8/h4-8,11H,1-3H3. The van der Waals surface area contributed by atoms with E-state index >= 15 is 0 Å². The Kier molecular flexibility index (Phi) is 2.49. The van der Waals surface area contributed by atoms with E-state index in [-0.39, 0.29) is 18.1 Å². The van der Waals surface area contributed by atoms with Crippen LogP contribution in [-0.2, 0) is 9.53 Å². The van der Waals surface area contributed by atoms with Gasteiger partial charge >= 0.3 is 5.97 Å². The van der Waals surface area contributed by atoms with Crippen molar-refractivity contribution >= 4 is 5.97 Å². The second-order valence-corrected chi connectivity index (χ2v) is 4.07. The molecule has 2 atom stereocenters. The highest BCUT2D eigenvalue weighted by Gasteiger charge is 2.34. The molecule has 0 radical (unpaired) electrons. The fourth-order valence-electron chi connectivity index (χ4n) is 2.05. The summed E-state index contributed by atoms with van der Waals surface area (Å²) in [6, 6.07) is 7.68. The number of ether oxygens (including phenoxy) is 1. The van der Waals surface area contributed by atoms with Gasteiger partial charge in [-0.25, -0.2) is 4.79 Å². The van der Waals surface area contributed by atoms with Crippen molar-refractivity contribution in [3.63, 3.8) is 0 Å². The van der Waals surface area contributed by atoms with E-state index < -0.39 is 0 Å². The van der Waals surface area contributed by atoms with Crippen LogP contribution in [0.2, 0.25) is 0 Å². The molecule has 0 saturated carbocycles. The molecule has 2 unspecified atom stereocenters. The largest absolute Gasteiger partial charge is 0.456 e. The summed E-state index contributed by atoms with van der Waals surface area (Å²) >= 11 is 0. The van der Waals surface area contributed by atoms with Gasteiger partial charge < -0.3 is 4.74 Å². The highest BCUT2D eigenvalue weighted by molar-refractivity contribution is 5.80. The number of hydrogen-bond acceptors (Lipinski definition) is 3. The molecule has 1 aromatic carbocycles. The number of esters is 1. The van der Waals surface area contributed by atoms with Crippen LogP contribution in [0.4, 0.5) is 0 Å². The lowest BCUT2D eigenvalue weighted by atomic mass is 9.94. The summed E-state index contributed by atoms with van der Waals surface area (Å²) in [5.41, 5.74) is 2.17. The minimum Gasteiger partial charge on any atom is -0.456 e. The molecule has 0 bridgehead atoms. The number of likely N-dealkylation sites (N-methyl/N-ethyl adjacent to an activating group) is 1. The lowest BCUT2D eigenvalue weighted by molar-refractivity contribution is -0.156. The number of carbonyl (C=O) groups is 1. The smallest absolute Gasteiger partial charge is 0.328 e. The average molecular weight is 205 g/mol. The summed E-state index contributed by atoms with van der Waals surface area (Å²) in [6.07, 6.45) is -0.134. The predicted molar refractivity (Wildman–Crippen MR) is 57.4 cm³/mol. The van der Waals surface area contributed by atoms with E-state index in [9.17, 15) is 4.79 Å². The zero-order valence-electron chi connectivity index (χ0n) is 9.23. The summed E-state index contributed by atoms with van der Waals surface area (Å²) < 4.78 is 5.31. The van der Waals surface area contributed by atoms with E-state index in [1.54, 1.807) is 0 Å². The van der Waals surface area contributed by atoms with E-state index in [2.05, 4.69) is 0 Å². The van der Waals surface area contributed by atoms with Crippen LogP contribution in [-0.4, -0.2) is 25.0 Å². The van der Waals surface area contributed by atoms with Crippen LogP contribution >= 0.6 is 0 Å². The van der Waals surface area contributed by atoms with Gasteiger partial charge in [-0.05, 0) is 32.1 Å². The molecule has 0 spiro atoms. The zero-order chi connectivity index (χ0) is 11.0. The molecular weight excluding hydrogens is 190 g/mol. The second-order valence-electron chi connectivity index (χ2n) is 4.07. The molecule has 0 aromatic heterocycles. The van der Waals surface area contributed by atoms with Gasteiger partial charge in [0, 0.05) is 0 Å². The van der Waals surface area contributed by atoms with Crippen molar-refractivity contribution in [3.05, 3.63) is 35.4 Å². The van der Waals surface area contributed by atoms with Crippen molar-refractivity contribution in [2.45, 2.75) is 19.1 Å². The molecule has 0 N–H and O–H groups in total. The number of cyclic esters (lactones) is 1. The Morgan fingerprint density at radius 3 is 2.40 bits per heavy atom. The molecule has 0 fully saturated rings. The maximum Gasteiger partial charge on any atom is 0.328 e. The first-order valence-electron chi connectivity index (χ1n) is 5.07. The summed E-state index contributed by atoms with van der Waals surface area (Å²) in [6.45, 7) is 1.91. The molecule has 2 rings (SSSR count). The van der Waals surface area contributed by atoms with E-state index in [0.717, 1.165) is 11.1 Å². The van der Waals surface area contributed by atoms with Crippen LogP contribution < -0.4 is 0 Å². The average Bonchev–Trinajstić information content (AvgIpc) is 2.17. The highest BCUT2D eigenvalue weighted by Crippen LogP contribution is 2.34. The third-order valence-electron chi connectivity index (χ3n) is 2.76. The van der Waals surface area contributed by atoms with Gasteiger partial charge in [-0.1, -0.05) is 24.3 Å². The summed E-state index contributed by atoms with van der Waals surface area (Å²) in [4.78, 5) is 13.6. The fraction of sp³-hybridized carbons (Fsp3) is 0.417. The zero-order valence-corrected chi connectivity index (χ0v) is 9.23. The molecule has 1 heterocycles. The van der Waals surface area contributed by atoms with Crippen LogP contribution in [0.1, 0.15) is 30.2 Å². The first kappa shape index (κ1) is 10.2. The highest BCUT2D eigenvalue weighted by atomic mass is 16.5. The molecule has 15 heavy (non-hydrogen) atoms. The van der Waals surface area contributed by atoms with Gasteiger partial charge in [0.05, 0.1) is 0 Å². The van der Waals surface area contributed by atoms with Crippen LogP contribution in [0, 0.1) is 0 Å². The van der Waals surface area contributed by atoms with E-state index in [1.165, 1.54) is 0 Å². The Bertz CT molecular complexity index is 387. The minimum absolute atomic E-state index is 0.134. The number of carbonyl (C=O) groups excluding carboxylic acids is 1. The van der Waals surface area contributed by atoms with Gasteiger partial charge in [-0.15, -0.1) is 0 Å². The number of rotatable bonds is 1. The molecule has 80 valence electrons. The van der Waals surface area contributed by atoms with Gasteiger partial charge in [0.2, 0.25) is 0 Å². The summed E-state index contributed by atoms with van der Waals surface area (Å²) in [5.74, 6) is -0.161. The Labute approximate surface area is 89.7 Å². The van der Waals surface area contributed by atoms with Crippen molar-refractivity contribution in [2.24, 2.45) is 0 Å². The lowest BCUT2D eigenvalue weighted by Crippen LogP contribution is -2.34. The van der Waals surface area contributed by atoms with E-state index in [1.807, 2.05) is 50.2 Å². The van der Waals surface area contributed by atoms with Crippen molar-refractivity contribution in [2.75, 3.05) is 14.1 Å².